The Morgan fingerprint density at radius 2 is 1.83 bits per heavy atom. The first-order chi connectivity index (χ1) is 11.2. The molecule has 1 aromatic carbocycles. The lowest BCUT2D eigenvalue weighted by molar-refractivity contribution is -0.118. The monoisotopic (exact) mass is 313 g/mol. The molecule has 2 amide bonds. The quantitative estimate of drug-likeness (QED) is 0.867. The van der Waals surface area contributed by atoms with Crippen LogP contribution in [0.3, 0.4) is 0 Å². The fraction of sp³-hybridized carbons (Fsp3) is 0.556. The van der Waals surface area contributed by atoms with Gasteiger partial charge in [-0.25, -0.2) is 0 Å². The number of rotatable bonds is 1. The van der Waals surface area contributed by atoms with Crippen molar-refractivity contribution in [1.82, 2.24) is 4.90 Å². The molecule has 0 aliphatic carbocycles. The summed E-state index contributed by atoms with van der Waals surface area (Å²) in [5, 5.41) is 3.01. The number of amides is 2. The number of nitrogens with one attached hydrogen (secondary N) is 1. The molecule has 5 heteroatoms. The van der Waals surface area contributed by atoms with Gasteiger partial charge < -0.3 is 15.1 Å². The zero-order chi connectivity index (χ0) is 15.8. The summed E-state index contributed by atoms with van der Waals surface area (Å²) < 4.78 is 0. The summed E-state index contributed by atoms with van der Waals surface area (Å²) in [7, 11) is 0. The van der Waals surface area contributed by atoms with Crippen LogP contribution in [-0.2, 0) is 4.79 Å². The number of fused-ring (bicyclic) bond motifs is 3. The first-order valence-corrected chi connectivity index (χ1v) is 8.75. The number of benzene rings is 1. The molecule has 0 bridgehead atoms. The van der Waals surface area contributed by atoms with Gasteiger partial charge in [-0.2, -0.15) is 0 Å². The third kappa shape index (κ3) is 2.58. The van der Waals surface area contributed by atoms with Crippen LogP contribution in [0.15, 0.2) is 18.2 Å². The molecular formula is C18H23N3O2. The van der Waals surface area contributed by atoms with E-state index in [2.05, 4.69) is 10.2 Å². The number of piperidine rings is 2. The molecule has 0 saturated carbocycles. The molecule has 2 saturated heterocycles. The van der Waals surface area contributed by atoms with Crippen LogP contribution in [0.25, 0.3) is 0 Å². The molecule has 23 heavy (non-hydrogen) atoms. The molecule has 3 heterocycles. The average molecular weight is 313 g/mol. The number of likely N-dealkylation sites (tertiary alicyclic amines) is 1. The summed E-state index contributed by atoms with van der Waals surface area (Å²) in [5.41, 5.74) is 2.53. The average Bonchev–Trinajstić information content (AvgIpc) is 2.61. The first kappa shape index (κ1) is 14.5. The molecule has 3 aliphatic rings. The number of anilines is 2. The van der Waals surface area contributed by atoms with Crippen molar-refractivity contribution in [2.24, 2.45) is 0 Å². The topological polar surface area (TPSA) is 52.7 Å². The van der Waals surface area contributed by atoms with Gasteiger partial charge in [0.25, 0.3) is 5.91 Å². The van der Waals surface area contributed by atoms with Crippen LogP contribution in [-0.4, -0.2) is 42.4 Å². The van der Waals surface area contributed by atoms with E-state index in [0.29, 0.717) is 5.56 Å². The molecular weight excluding hydrogens is 290 g/mol. The van der Waals surface area contributed by atoms with Gasteiger partial charge in [0.05, 0.1) is 11.4 Å². The Bertz CT molecular complexity index is 637. The van der Waals surface area contributed by atoms with Crippen LogP contribution >= 0.6 is 0 Å². The van der Waals surface area contributed by atoms with Gasteiger partial charge in [0.2, 0.25) is 5.91 Å². The van der Waals surface area contributed by atoms with E-state index in [1.54, 1.807) is 0 Å². The van der Waals surface area contributed by atoms with E-state index < -0.39 is 0 Å². The molecule has 2 fully saturated rings. The summed E-state index contributed by atoms with van der Waals surface area (Å²) in [6.45, 7) is 2.61. The van der Waals surface area contributed by atoms with E-state index in [-0.39, 0.29) is 17.9 Å². The molecule has 0 unspecified atom stereocenters. The van der Waals surface area contributed by atoms with Crippen LogP contribution in [0.2, 0.25) is 0 Å². The van der Waals surface area contributed by atoms with Crippen molar-refractivity contribution in [2.75, 3.05) is 29.9 Å². The fourth-order valence-electron chi connectivity index (χ4n) is 4.01. The van der Waals surface area contributed by atoms with Gasteiger partial charge in [0, 0.05) is 25.2 Å². The third-order valence-corrected chi connectivity index (χ3v) is 5.26. The molecule has 0 spiro atoms. The van der Waals surface area contributed by atoms with Crippen LogP contribution < -0.4 is 10.2 Å². The predicted molar refractivity (Wildman–Crippen MR) is 89.8 cm³/mol. The van der Waals surface area contributed by atoms with Crippen LogP contribution in [0.1, 0.15) is 48.9 Å². The summed E-state index contributed by atoms with van der Waals surface area (Å²) in [5.74, 6) is 0.155. The number of hydrogen-bond acceptors (Lipinski definition) is 3. The molecule has 0 radical (unpaired) electrons. The van der Waals surface area contributed by atoms with Gasteiger partial charge in [0.1, 0.15) is 6.04 Å². The summed E-state index contributed by atoms with van der Waals surface area (Å²) in [4.78, 5) is 29.1. The summed E-state index contributed by atoms with van der Waals surface area (Å²) in [6, 6.07) is 5.73. The van der Waals surface area contributed by atoms with Crippen molar-refractivity contribution in [2.45, 2.75) is 44.6 Å². The van der Waals surface area contributed by atoms with E-state index in [4.69, 9.17) is 0 Å². The SMILES string of the molecule is O=C1Nc2cc(C(=O)N3CCCCC3)ccc2N2CCCC[C@@H]12. The zero-order valence-electron chi connectivity index (χ0n) is 13.4. The van der Waals surface area contributed by atoms with E-state index in [1.165, 1.54) is 6.42 Å². The third-order valence-electron chi connectivity index (χ3n) is 5.26. The second-order valence-corrected chi connectivity index (χ2v) is 6.78. The highest BCUT2D eigenvalue weighted by atomic mass is 16.2. The minimum Gasteiger partial charge on any atom is -0.358 e. The number of carbonyl (C=O) groups excluding carboxylic acids is 2. The Morgan fingerprint density at radius 1 is 1.04 bits per heavy atom. The van der Waals surface area contributed by atoms with Gasteiger partial charge in [-0.1, -0.05) is 0 Å². The van der Waals surface area contributed by atoms with Crippen molar-refractivity contribution in [3.63, 3.8) is 0 Å². The molecule has 1 atom stereocenters. The van der Waals surface area contributed by atoms with Crippen LogP contribution in [0, 0.1) is 0 Å². The molecule has 0 aromatic heterocycles. The number of hydrogen-bond donors (Lipinski definition) is 1. The van der Waals surface area contributed by atoms with Crippen molar-refractivity contribution in [3.8, 4) is 0 Å². The molecule has 3 aliphatic heterocycles. The highest BCUT2D eigenvalue weighted by Crippen LogP contribution is 2.36. The lowest BCUT2D eigenvalue weighted by Gasteiger charge is -2.41. The first-order valence-electron chi connectivity index (χ1n) is 8.75. The Labute approximate surface area is 136 Å². The standard InChI is InChI=1S/C18H23N3O2/c22-17-16-6-2-5-11-21(16)15-8-7-13(12-14(15)19-17)18(23)20-9-3-1-4-10-20/h7-8,12,16H,1-6,9-11H2,(H,19,22)/t16-/m0/s1. The van der Waals surface area contributed by atoms with E-state index in [9.17, 15) is 9.59 Å². The molecule has 1 aromatic rings. The molecule has 4 rings (SSSR count). The Hall–Kier alpha value is -2.04. The number of nitrogens with zero attached hydrogens (tertiary/aromatic N) is 2. The highest BCUT2D eigenvalue weighted by Gasteiger charge is 2.35. The maximum absolute atomic E-state index is 12.6. The number of carbonyl (C=O) groups is 2. The normalized spacial score (nSPS) is 23.8. The maximum atomic E-state index is 12.6. The van der Waals surface area contributed by atoms with Crippen molar-refractivity contribution >= 4 is 23.2 Å². The van der Waals surface area contributed by atoms with Gasteiger partial charge in [0.15, 0.2) is 0 Å². The Morgan fingerprint density at radius 3 is 2.65 bits per heavy atom. The van der Waals surface area contributed by atoms with E-state index >= 15 is 0 Å². The van der Waals surface area contributed by atoms with E-state index in [0.717, 1.165) is 63.1 Å². The van der Waals surface area contributed by atoms with Gasteiger partial charge in [-0.3, -0.25) is 9.59 Å². The van der Waals surface area contributed by atoms with Crippen molar-refractivity contribution < 1.29 is 9.59 Å². The Balaban J connectivity index is 1.62. The smallest absolute Gasteiger partial charge is 0.253 e. The fourth-order valence-corrected chi connectivity index (χ4v) is 4.01. The zero-order valence-corrected chi connectivity index (χ0v) is 13.4. The van der Waals surface area contributed by atoms with Gasteiger partial charge >= 0.3 is 0 Å². The lowest BCUT2D eigenvalue weighted by Crippen LogP contribution is -2.50. The lowest BCUT2D eigenvalue weighted by atomic mass is 9.96. The Kier molecular flexibility index (Phi) is 3.71. The van der Waals surface area contributed by atoms with E-state index in [1.807, 2.05) is 23.1 Å². The highest BCUT2D eigenvalue weighted by molar-refractivity contribution is 6.05. The van der Waals surface area contributed by atoms with Crippen molar-refractivity contribution in [3.05, 3.63) is 23.8 Å². The minimum absolute atomic E-state index is 0.0418. The molecule has 122 valence electrons. The second-order valence-electron chi connectivity index (χ2n) is 6.78. The predicted octanol–water partition coefficient (Wildman–Crippen LogP) is 2.62. The summed E-state index contributed by atoms with van der Waals surface area (Å²) in [6.07, 6.45) is 6.53. The van der Waals surface area contributed by atoms with Gasteiger partial charge in [-0.05, 0) is 56.7 Å². The van der Waals surface area contributed by atoms with Crippen LogP contribution in [0.4, 0.5) is 11.4 Å². The van der Waals surface area contributed by atoms with Crippen LogP contribution in [0.5, 0.6) is 0 Å². The maximum Gasteiger partial charge on any atom is 0.253 e. The van der Waals surface area contributed by atoms with Crippen molar-refractivity contribution in [1.29, 1.82) is 0 Å². The second kappa shape index (κ2) is 5.87. The largest absolute Gasteiger partial charge is 0.358 e. The molecule has 5 nitrogen and oxygen atoms in total. The summed E-state index contributed by atoms with van der Waals surface area (Å²) >= 11 is 0. The van der Waals surface area contributed by atoms with Gasteiger partial charge in [-0.15, -0.1) is 0 Å². The minimum atomic E-state index is -0.0418. The molecule has 1 N–H and O–H groups in total.